The Morgan fingerprint density at radius 3 is 2.52 bits per heavy atom. The maximum atomic E-state index is 14.5. The first-order chi connectivity index (χ1) is 15.0. The summed E-state index contributed by atoms with van der Waals surface area (Å²) in [5, 5.41) is 6.95. The summed E-state index contributed by atoms with van der Waals surface area (Å²) in [6, 6.07) is 11.5. The molecule has 2 amide bonds. The Hall–Kier alpha value is -2.51. The van der Waals surface area contributed by atoms with E-state index in [4.69, 9.17) is 0 Å². The minimum absolute atomic E-state index is 0.124. The second-order valence-electron chi connectivity index (χ2n) is 7.86. The van der Waals surface area contributed by atoms with Gasteiger partial charge in [-0.25, -0.2) is 4.39 Å². The molecule has 3 aromatic rings. The molecule has 4 nitrogen and oxygen atoms in total. The Balaban J connectivity index is 1.73. The number of thiophene rings is 2. The van der Waals surface area contributed by atoms with E-state index in [2.05, 4.69) is 5.32 Å². The van der Waals surface area contributed by atoms with Gasteiger partial charge in [0.1, 0.15) is 11.9 Å². The number of carbonyl (C=O) groups is 2. The van der Waals surface area contributed by atoms with Crippen molar-refractivity contribution in [1.82, 2.24) is 5.32 Å². The third-order valence-electron chi connectivity index (χ3n) is 5.63. The average molecular weight is 457 g/mol. The maximum Gasteiger partial charge on any atom is 0.248 e. The van der Waals surface area contributed by atoms with Gasteiger partial charge in [0.25, 0.3) is 0 Å². The number of halogens is 1. The summed E-state index contributed by atoms with van der Waals surface area (Å²) >= 11 is 2.92. The van der Waals surface area contributed by atoms with Crippen LogP contribution in [-0.4, -0.2) is 17.9 Å². The number of carbonyl (C=O) groups excluding carboxylic acids is 2. The van der Waals surface area contributed by atoms with Crippen LogP contribution in [0.25, 0.3) is 0 Å². The molecule has 1 saturated carbocycles. The van der Waals surface area contributed by atoms with E-state index in [0.717, 1.165) is 35.4 Å². The van der Waals surface area contributed by atoms with Crippen molar-refractivity contribution >= 4 is 40.2 Å². The van der Waals surface area contributed by atoms with E-state index >= 15 is 0 Å². The largest absolute Gasteiger partial charge is 0.351 e. The van der Waals surface area contributed by atoms with Gasteiger partial charge in [-0.1, -0.05) is 31.0 Å². The Labute approximate surface area is 189 Å². The van der Waals surface area contributed by atoms with Crippen molar-refractivity contribution in [1.29, 1.82) is 0 Å². The summed E-state index contributed by atoms with van der Waals surface area (Å²) in [5.74, 6) is -0.840. The van der Waals surface area contributed by atoms with Crippen molar-refractivity contribution in [3.05, 3.63) is 74.4 Å². The first-order valence-electron chi connectivity index (χ1n) is 10.5. The molecule has 4 rings (SSSR count). The number of benzene rings is 1. The molecular weight excluding hydrogens is 431 g/mol. The number of amides is 2. The zero-order valence-electron chi connectivity index (χ0n) is 17.3. The second-order valence-corrected chi connectivity index (χ2v) is 9.87. The zero-order chi connectivity index (χ0) is 21.8. The first-order valence-corrected chi connectivity index (χ1v) is 12.2. The number of hydrogen-bond acceptors (Lipinski definition) is 4. The monoisotopic (exact) mass is 456 g/mol. The molecule has 0 saturated heterocycles. The summed E-state index contributed by atoms with van der Waals surface area (Å²) in [7, 11) is 0. The van der Waals surface area contributed by atoms with Gasteiger partial charge >= 0.3 is 0 Å². The van der Waals surface area contributed by atoms with Gasteiger partial charge in [-0.2, -0.15) is 0 Å². The van der Waals surface area contributed by atoms with Crippen LogP contribution in [0.1, 0.15) is 47.0 Å². The van der Waals surface area contributed by atoms with Crippen LogP contribution in [0.2, 0.25) is 0 Å². The Morgan fingerprint density at radius 1 is 1.13 bits per heavy atom. The highest BCUT2D eigenvalue weighted by Gasteiger charge is 2.35. The lowest BCUT2D eigenvalue weighted by molar-refractivity contribution is -0.126. The molecule has 7 heteroatoms. The van der Waals surface area contributed by atoms with Crippen molar-refractivity contribution in [2.24, 2.45) is 0 Å². The Morgan fingerprint density at radius 2 is 1.87 bits per heavy atom. The van der Waals surface area contributed by atoms with E-state index in [-0.39, 0.29) is 24.3 Å². The van der Waals surface area contributed by atoms with Gasteiger partial charge in [-0.15, -0.1) is 22.7 Å². The fraction of sp³-hybridized carbons (Fsp3) is 0.333. The molecule has 0 unspecified atom stereocenters. The summed E-state index contributed by atoms with van der Waals surface area (Å²) in [5.41, 5.74) is 0.891. The molecule has 1 N–H and O–H groups in total. The molecule has 0 aliphatic heterocycles. The molecule has 2 aromatic heterocycles. The third-order valence-corrected chi connectivity index (χ3v) is 7.43. The molecule has 162 valence electrons. The van der Waals surface area contributed by atoms with Crippen molar-refractivity contribution in [2.75, 3.05) is 4.90 Å². The number of nitrogens with one attached hydrogen (secondary N) is 1. The van der Waals surface area contributed by atoms with E-state index in [1.54, 1.807) is 19.1 Å². The summed E-state index contributed by atoms with van der Waals surface area (Å²) in [4.78, 5) is 30.1. The predicted octanol–water partition coefficient (Wildman–Crippen LogP) is 5.63. The number of hydrogen-bond donors (Lipinski definition) is 1. The summed E-state index contributed by atoms with van der Waals surface area (Å²) in [6.45, 7) is 1.68. The maximum absolute atomic E-state index is 14.5. The quantitative estimate of drug-likeness (QED) is 0.501. The van der Waals surface area contributed by atoms with Crippen LogP contribution in [0.5, 0.6) is 0 Å². The molecular formula is C24H25FN2O2S2. The molecule has 31 heavy (non-hydrogen) atoms. The molecule has 0 radical (unpaired) electrons. The van der Waals surface area contributed by atoms with Crippen molar-refractivity contribution in [2.45, 2.75) is 51.1 Å². The number of nitrogens with zero attached hydrogens (tertiary/aromatic N) is 1. The van der Waals surface area contributed by atoms with Crippen LogP contribution in [0, 0.1) is 12.7 Å². The summed E-state index contributed by atoms with van der Waals surface area (Å²) in [6.07, 6.45) is 4.25. The highest BCUT2D eigenvalue weighted by atomic mass is 32.1. The van der Waals surface area contributed by atoms with Gasteiger partial charge in [-0.3, -0.25) is 14.5 Å². The molecule has 1 aromatic carbocycles. The predicted molar refractivity (Wildman–Crippen MR) is 124 cm³/mol. The fourth-order valence-corrected chi connectivity index (χ4v) is 5.50. The van der Waals surface area contributed by atoms with Crippen LogP contribution in [0.4, 0.5) is 10.1 Å². The lowest BCUT2D eigenvalue weighted by atomic mass is 10.1. The van der Waals surface area contributed by atoms with Crippen molar-refractivity contribution in [3.8, 4) is 0 Å². The van der Waals surface area contributed by atoms with Crippen LogP contribution in [0.15, 0.2) is 53.2 Å². The van der Waals surface area contributed by atoms with Crippen LogP contribution < -0.4 is 10.2 Å². The van der Waals surface area contributed by atoms with E-state index in [1.165, 1.54) is 33.6 Å². The fourth-order valence-electron chi connectivity index (χ4n) is 3.99. The third kappa shape index (κ3) is 5.05. The first kappa shape index (κ1) is 21.7. The van der Waals surface area contributed by atoms with E-state index in [0.29, 0.717) is 11.3 Å². The van der Waals surface area contributed by atoms with E-state index in [9.17, 15) is 14.0 Å². The molecule has 1 aliphatic rings. The lowest BCUT2D eigenvalue weighted by Crippen LogP contribution is -2.46. The molecule has 1 fully saturated rings. The molecule has 1 atom stereocenters. The molecule has 0 spiro atoms. The number of anilines is 1. The van der Waals surface area contributed by atoms with Gasteiger partial charge in [0.2, 0.25) is 11.8 Å². The van der Waals surface area contributed by atoms with Gasteiger partial charge in [-0.05, 0) is 60.4 Å². The van der Waals surface area contributed by atoms with Crippen LogP contribution in [-0.2, 0) is 16.0 Å². The normalized spacial score (nSPS) is 15.0. The Kier molecular flexibility index (Phi) is 6.83. The molecule has 2 heterocycles. The highest BCUT2D eigenvalue weighted by Crippen LogP contribution is 2.33. The van der Waals surface area contributed by atoms with Gasteiger partial charge < -0.3 is 5.32 Å². The number of aryl methyl sites for hydroxylation is 1. The molecule has 0 bridgehead atoms. The van der Waals surface area contributed by atoms with Crippen molar-refractivity contribution in [3.63, 3.8) is 0 Å². The van der Waals surface area contributed by atoms with Crippen LogP contribution in [0.3, 0.4) is 0 Å². The van der Waals surface area contributed by atoms with Gasteiger partial charge in [0, 0.05) is 21.5 Å². The lowest BCUT2D eigenvalue weighted by Gasteiger charge is -2.31. The van der Waals surface area contributed by atoms with E-state index in [1.807, 2.05) is 35.0 Å². The number of rotatable bonds is 7. The smallest absolute Gasteiger partial charge is 0.248 e. The minimum atomic E-state index is -0.838. The Bertz CT molecular complexity index is 1030. The van der Waals surface area contributed by atoms with E-state index < -0.39 is 11.9 Å². The van der Waals surface area contributed by atoms with Gasteiger partial charge in [0.15, 0.2) is 0 Å². The minimum Gasteiger partial charge on any atom is -0.351 e. The zero-order valence-corrected chi connectivity index (χ0v) is 19.0. The summed E-state index contributed by atoms with van der Waals surface area (Å²) < 4.78 is 14.5. The van der Waals surface area contributed by atoms with Gasteiger partial charge in [0.05, 0.1) is 6.42 Å². The SMILES string of the molecule is Cc1ccc(N(C(=O)Cc2cccs2)[C@@H](C(=O)NC2CCCC2)c2cccs2)cc1F. The second kappa shape index (κ2) is 9.75. The molecule has 1 aliphatic carbocycles. The highest BCUT2D eigenvalue weighted by molar-refractivity contribution is 7.10. The van der Waals surface area contributed by atoms with Crippen molar-refractivity contribution < 1.29 is 14.0 Å². The standard InChI is InChI=1S/C24H25FN2O2S2/c1-16-10-11-18(14-20(16)25)27(22(28)15-19-8-4-12-30-19)23(21-9-5-13-31-21)24(29)26-17-6-2-3-7-17/h4-5,8-14,17,23H,2-3,6-7,15H2,1H3,(H,26,29)/t23-/m1/s1. The topological polar surface area (TPSA) is 49.4 Å². The van der Waals surface area contributed by atoms with Crippen LogP contribution >= 0.6 is 22.7 Å². The average Bonchev–Trinajstić information content (AvgIpc) is 3.52.